The molecule has 3 aromatic heterocycles. The molecule has 0 aliphatic carbocycles. The van der Waals surface area contributed by atoms with Gasteiger partial charge in [-0.2, -0.15) is 0 Å². The van der Waals surface area contributed by atoms with Crippen molar-refractivity contribution in [2.24, 2.45) is 11.8 Å². The lowest BCUT2D eigenvalue weighted by molar-refractivity contribution is -0.136. The van der Waals surface area contributed by atoms with E-state index in [1.807, 2.05) is 49.8 Å². The maximum Gasteiger partial charge on any atom is 0.407 e. The van der Waals surface area contributed by atoms with Crippen molar-refractivity contribution < 1.29 is 28.7 Å². The average molecular weight is 792 g/mol. The van der Waals surface area contributed by atoms with Crippen LogP contribution in [0, 0.1) is 11.8 Å². The number of nitrogens with zero attached hydrogens (tertiary/aromatic N) is 5. The maximum absolute atomic E-state index is 13.8. The van der Waals surface area contributed by atoms with Gasteiger partial charge in [-0.3, -0.25) is 14.6 Å². The van der Waals surface area contributed by atoms with Crippen LogP contribution >= 0.6 is 0 Å². The summed E-state index contributed by atoms with van der Waals surface area (Å²) in [5, 5.41) is 7.60. The third-order valence-electron chi connectivity index (χ3n) is 12.0. The van der Waals surface area contributed by atoms with Gasteiger partial charge in [-0.05, 0) is 66.5 Å². The first kappa shape index (κ1) is 40.2. The fourth-order valence-electron chi connectivity index (χ4n) is 8.20. The lowest BCUT2D eigenvalue weighted by atomic mass is 9.97. The van der Waals surface area contributed by atoms with Gasteiger partial charge >= 0.3 is 12.2 Å². The Labute approximate surface area is 337 Å². The van der Waals surface area contributed by atoms with Crippen LogP contribution in [0.3, 0.4) is 0 Å². The highest BCUT2D eigenvalue weighted by molar-refractivity contribution is 5.91. The number of fused-ring (bicyclic) bond motifs is 2. The minimum Gasteiger partial charge on any atom is -0.453 e. The van der Waals surface area contributed by atoms with Gasteiger partial charge < -0.3 is 39.9 Å². The molecule has 2 aromatic carbocycles. The Kier molecular flexibility index (Phi) is 12.0. The van der Waals surface area contributed by atoms with Crippen molar-refractivity contribution in [1.82, 2.24) is 45.4 Å². The number of aromatic amines is 2. The Morgan fingerprint density at radius 2 is 1.29 bits per heavy atom. The van der Waals surface area contributed by atoms with Crippen molar-refractivity contribution in [2.75, 3.05) is 27.3 Å². The van der Waals surface area contributed by atoms with Crippen molar-refractivity contribution in [1.29, 1.82) is 0 Å². The van der Waals surface area contributed by atoms with E-state index < -0.39 is 24.3 Å². The van der Waals surface area contributed by atoms with E-state index in [1.165, 1.54) is 14.2 Å². The minimum absolute atomic E-state index is 0.0607. The molecular weight excluding hydrogens is 739 g/mol. The van der Waals surface area contributed by atoms with E-state index in [2.05, 4.69) is 57.0 Å². The van der Waals surface area contributed by atoms with Crippen LogP contribution in [0.25, 0.3) is 44.3 Å². The third kappa shape index (κ3) is 8.07. The predicted octanol–water partition coefficient (Wildman–Crippen LogP) is 7.04. The van der Waals surface area contributed by atoms with E-state index in [1.54, 1.807) is 6.20 Å². The summed E-state index contributed by atoms with van der Waals surface area (Å²) in [5.74, 6) is 1.03. The summed E-state index contributed by atoms with van der Waals surface area (Å²) in [6.45, 7) is 9.07. The number of ether oxygens (including phenoxy) is 2. The highest BCUT2D eigenvalue weighted by Gasteiger charge is 2.39. The molecule has 5 aromatic rings. The van der Waals surface area contributed by atoms with Crippen molar-refractivity contribution >= 4 is 45.8 Å². The first-order chi connectivity index (χ1) is 28.0. The Morgan fingerprint density at radius 1 is 0.741 bits per heavy atom. The number of likely N-dealkylation sites (tertiary alicyclic amines) is 2. The lowest BCUT2D eigenvalue weighted by Gasteiger charge is -2.30. The first-order valence-electron chi connectivity index (χ1n) is 20.3. The SMILES string of the molecule is CC[C@H](C)[C@H](NC(=O)OC)C(=O)N1CCC[C@H]1c1ncc(-c2ccc3cc(-c4cc5[nH]c([C@@H]6CCCN6C(=O)[C@@H](NC(=O)OC)[C@@H](C)CC)nc5cn4)ccc3c2)[nH]1. The normalized spacial score (nSPS) is 18.9. The summed E-state index contributed by atoms with van der Waals surface area (Å²) in [7, 11) is 2.60. The number of H-pyrrole nitrogens is 2. The summed E-state index contributed by atoms with van der Waals surface area (Å²) >= 11 is 0. The van der Waals surface area contributed by atoms with E-state index >= 15 is 0 Å². The largest absolute Gasteiger partial charge is 0.453 e. The zero-order valence-electron chi connectivity index (χ0n) is 34.0. The van der Waals surface area contributed by atoms with Gasteiger partial charge in [0.05, 0.1) is 55.6 Å². The summed E-state index contributed by atoms with van der Waals surface area (Å²) in [6.07, 6.45) is 7.00. The number of aromatic nitrogens is 5. The summed E-state index contributed by atoms with van der Waals surface area (Å²) < 4.78 is 9.62. The highest BCUT2D eigenvalue weighted by atomic mass is 16.5. The van der Waals surface area contributed by atoms with Crippen LogP contribution < -0.4 is 10.6 Å². The number of benzene rings is 2. The fraction of sp³-hybridized carbons (Fsp3) is 0.465. The van der Waals surface area contributed by atoms with E-state index in [-0.39, 0.29) is 35.7 Å². The molecule has 2 aliphatic heterocycles. The van der Waals surface area contributed by atoms with Crippen molar-refractivity contribution in [3.05, 3.63) is 66.5 Å². The van der Waals surface area contributed by atoms with Crippen molar-refractivity contribution in [3.63, 3.8) is 0 Å². The molecule has 5 heterocycles. The first-order valence-corrected chi connectivity index (χ1v) is 20.3. The second-order valence-corrected chi connectivity index (χ2v) is 15.5. The minimum atomic E-state index is -0.691. The maximum atomic E-state index is 13.8. The second-order valence-electron chi connectivity index (χ2n) is 15.5. The Hall–Kier alpha value is -5.99. The third-order valence-corrected chi connectivity index (χ3v) is 12.0. The number of nitrogens with one attached hydrogen (secondary N) is 4. The molecule has 4 amide bonds. The highest BCUT2D eigenvalue weighted by Crippen LogP contribution is 2.36. The monoisotopic (exact) mass is 791 g/mol. The Balaban J connectivity index is 1.07. The van der Waals surface area contributed by atoms with Gasteiger partial charge in [-0.15, -0.1) is 0 Å². The van der Waals surface area contributed by atoms with Gasteiger partial charge in [0.15, 0.2) is 0 Å². The molecule has 0 unspecified atom stereocenters. The molecule has 0 radical (unpaired) electrons. The van der Waals surface area contributed by atoms with Gasteiger partial charge in [0.25, 0.3) is 0 Å². The molecule has 2 fully saturated rings. The van der Waals surface area contributed by atoms with Crippen LogP contribution in [0.4, 0.5) is 9.59 Å². The van der Waals surface area contributed by atoms with E-state index in [4.69, 9.17) is 24.4 Å². The van der Waals surface area contributed by atoms with Crippen molar-refractivity contribution in [2.45, 2.75) is 90.4 Å². The molecule has 6 atom stereocenters. The molecule has 0 spiro atoms. The van der Waals surface area contributed by atoms with Gasteiger partial charge in [0.2, 0.25) is 11.8 Å². The standard InChI is InChI=1S/C43H53N9O6/c1-7-24(3)36(49-42(55)57-5)40(53)51-17-9-11-34(51)38-45-22-32(47-38)29-16-14-26-19-28(15-13-27(26)20-29)30-21-31-33(23-44-30)48-39(46-31)35-12-10-18-52(35)41(54)37(25(4)8-2)50-43(56)58-6/h13-16,19-25,34-37H,7-12,17-18H2,1-6H3,(H,45,47)(H,46,48)(H,49,55)(H,50,56)/t24-,25-,34-,35-,36-,37-/m0/s1. The number of rotatable bonds is 12. The molecule has 4 N–H and O–H groups in total. The van der Waals surface area contributed by atoms with E-state index in [0.29, 0.717) is 24.4 Å². The smallest absolute Gasteiger partial charge is 0.407 e. The number of carbonyl (C=O) groups is 4. The van der Waals surface area contributed by atoms with Crippen LogP contribution in [0.5, 0.6) is 0 Å². The molecule has 58 heavy (non-hydrogen) atoms. The van der Waals surface area contributed by atoms with Gasteiger partial charge in [-0.25, -0.2) is 19.6 Å². The molecular formula is C43H53N9O6. The summed E-state index contributed by atoms with van der Waals surface area (Å²) in [4.78, 5) is 76.7. The zero-order chi connectivity index (χ0) is 41.1. The number of hydrogen-bond acceptors (Lipinski definition) is 9. The molecule has 0 saturated carbocycles. The molecule has 2 saturated heterocycles. The van der Waals surface area contributed by atoms with Crippen LogP contribution in [-0.2, 0) is 19.1 Å². The van der Waals surface area contributed by atoms with Crippen LogP contribution in [0.2, 0.25) is 0 Å². The zero-order valence-corrected chi connectivity index (χ0v) is 34.0. The fourth-order valence-corrected chi connectivity index (χ4v) is 8.20. The lowest BCUT2D eigenvalue weighted by Crippen LogP contribution is -2.51. The number of imidazole rings is 2. The number of methoxy groups -OCH3 is 2. The molecule has 15 heteroatoms. The van der Waals surface area contributed by atoms with Crippen LogP contribution in [0.15, 0.2) is 54.9 Å². The molecule has 306 valence electrons. The molecule has 15 nitrogen and oxygen atoms in total. The predicted molar refractivity (Wildman–Crippen MR) is 219 cm³/mol. The van der Waals surface area contributed by atoms with Crippen molar-refractivity contribution in [3.8, 4) is 22.5 Å². The average Bonchev–Trinajstić information content (AvgIpc) is 4.09. The Morgan fingerprint density at radius 3 is 1.86 bits per heavy atom. The van der Waals surface area contributed by atoms with Gasteiger partial charge in [0.1, 0.15) is 29.2 Å². The number of amides is 4. The molecule has 2 aliphatic rings. The topological polar surface area (TPSA) is 188 Å². The van der Waals surface area contributed by atoms with E-state index in [9.17, 15) is 19.2 Å². The molecule has 7 rings (SSSR count). The number of carbonyl (C=O) groups excluding carboxylic acids is 4. The summed E-state index contributed by atoms with van der Waals surface area (Å²) in [6, 6.07) is 12.6. The van der Waals surface area contributed by atoms with Gasteiger partial charge in [-0.1, -0.05) is 64.8 Å². The molecule has 0 bridgehead atoms. The number of hydrogen-bond donors (Lipinski definition) is 4. The number of alkyl carbamates (subject to hydrolysis) is 2. The second kappa shape index (κ2) is 17.2. The Bertz CT molecular complexity index is 2300. The summed E-state index contributed by atoms with van der Waals surface area (Å²) in [5.41, 5.74) is 5.11. The van der Waals surface area contributed by atoms with Gasteiger partial charge in [0, 0.05) is 24.2 Å². The quantitative estimate of drug-likeness (QED) is 0.103. The van der Waals surface area contributed by atoms with Crippen LogP contribution in [-0.4, -0.2) is 98.1 Å². The van der Waals surface area contributed by atoms with Crippen LogP contribution in [0.1, 0.15) is 90.0 Å². The van der Waals surface area contributed by atoms with E-state index in [0.717, 1.165) is 83.2 Å². The number of pyridine rings is 1.